The van der Waals surface area contributed by atoms with Crippen LogP contribution in [0.1, 0.15) is 34.7 Å². The van der Waals surface area contributed by atoms with Gasteiger partial charge in [0.25, 0.3) is 5.56 Å². The third-order valence-corrected chi connectivity index (χ3v) is 9.36. The number of fused-ring (bicyclic) bond motifs is 3. The summed E-state index contributed by atoms with van der Waals surface area (Å²) in [6, 6.07) is 20.2. The average Bonchev–Trinajstić information content (AvgIpc) is 3.16. The molecule has 0 saturated carbocycles. The molecule has 0 saturated heterocycles. The number of phenolic OH excluding ortho intramolecular Hbond substituents is 1. The van der Waals surface area contributed by atoms with E-state index < -0.39 is 0 Å². The molecule has 1 N–H and O–H groups in total. The van der Waals surface area contributed by atoms with Crippen LogP contribution in [-0.2, 0) is 6.42 Å². The van der Waals surface area contributed by atoms with Crippen LogP contribution in [0.2, 0.25) is 0 Å². The molecule has 4 aromatic rings. The number of aryl methyl sites for hydroxylation is 1. The van der Waals surface area contributed by atoms with Gasteiger partial charge in [0.05, 0.1) is 19.8 Å². The summed E-state index contributed by atoms with van der Waals surface area (Å²) in [4.78, 5) is 19.6. The molecule has 8 heteroatoms. The lowest BCUT2D eigenvalue weighted by atomic mass is 9.83. The number of allylic oxidation sites excluding steroid dienone is 1. The van der Waals surface area contributed by atoms with Gasteiger partial charge in [-0.25, -0.2) is 4.99 Å². The van der Waals surface area contributed by atoms with Gasteiger partial charge in [0.1, 0.15) is 5.75 Å². The fourth-order valence-corrected chi connectivity index (χ4v) is 7.95. The lowest BCUT2D eigenvalue weighted by molar-refractivity contribution is 0.470. The minimum absolute atomic E-state index is 0.0830. The number of nitrogens with zero attached hydrogens (tertiary/aromatic N) is 2. The Morgan fingerprint density at radius 3 is 2.66 bits per heavy atom. The first-order valence-corrected chi connectivity index (χ1v) is 14.7. The van der Waals surface area contributed by atoms with Crippen LogP contribution in [0.4, 0.5) is 0 Å². The van der Waals surface area contributed by atoms with Crippen LogP contribution in [0, 0.1) is 7.14 Å². The zero-order valence-corrected chi connectivity index (χ0v) is 24.9. The molecule has 1 aromatic heterocycles. The molecule has 0 amide bonds. The molecule has 35 heavy (non-hydrogen) atoms. The van der Waals surface area contributed by atoms with E-state index in [4.69, 9.17) is 4.99 Å². The fourth-order valence-electron chi connectivity index (χ4n) is 4.80. The fraction of sp³-hybridized carbons (Fsp3) is 0.111. The lowest BCUT2D eigenvalue weighted by Crippen LogP contribution is -2.38. The van der Waals surface area contributed by atoms with Crippen molar-refractivity contribution in [1.82, 2.24) is 4.57 Å². The van der Waals surface area contributed by atoms with Crippen LogP contribution in [0.3, 0.4) is 0 Å². The van der Waals surface area contributed by atoms with Crippen molar-refractivity contribution >= 4 is 84.2 Å². The SMILES string of the molecule is O=c1/c(=C\c2cc(I)cc(I)c2O)sc2n1[C@H](c1ccc(Br)cc1)C1=C(N=2)c2ccccc2CC1. The zero-order valence-electron chi connectivity index (χ0n) is 18.1. The topological polar surface area (TPSA) is 54.6 Å². The van der Waals surface area contributed by atoms with Gasteiger partial charge in [-0.15, -0.1) is 0 Å². The van der Waals surface area contributed by atoms with E-state index in [1.807, 2.05) is 28.8 Å². The van der Waals surface area contributed by atoms with Gasteiger partial charge in [0.2, 0.25) is 0 Å². The Kier molecular flexibility index (Phi) is 6.26. The van der Waals surface area contributed by atoms with Crippen molar-refractivity contribution in [2.45, 2.75) is 18.9 Å². The lowest BCUT2D eigenvalue weighted by Gasteiger charge is -2.30. The minimum atomic E-state index is -0.213. The molecule has 4 nitrogen and oxygen atoms in total. The van der Waals surface area contributed by atoms with Crippen LogP contribution < -0.4 is 14.9 Å². The smallest absolute Gasteiger partial charge is 0.271 e. The second-order valence-corrected chi connectivity index (χ2v) is 12.8. The largest absolute Gasteiger partial charge is 0.506 e. The molecular weight excluding hydrogens is 750 g/mol. The maximum absolute atomic E-state index is 13.8. The molecule has 6 rings (SSSR count). The summed E-state index contributed by atoms with van der Waals surface area (Å²) in [6.07, 6.45) is 3.58. The first-order chi connectivity index (χ1) is 16.9. The van der Waals surface area contributed by atoms with Crippen LogP contribution in [0.25, 0.3) is 11.8 Å². The van der Waals surface area contributed by atoms with Crippen molar-refractivity contribution in [3.05, 3.63) is 120 Å². The Balaban J connectivity index is 1.64. The van der Waals surface area contributed by atoms with E-state index in [0.29, 0.717) is 14.9 Å². The van der Waals surface area contributed by atoms with Crippen molar-refractivity contribution in [1.29, 1.82) is 0 Å². The maximum Gasteiger partial charge on any atom is 0.271 e. The van der Waals surface area contributed by atoms with E-state index in [9.17, 15) is 9.90 Å². The van der Waals surface area contributed by atoms with Crippen molar-refractivity contribution in [2.24, 2.45) is 4.99 Å². The highest BCUT2D eigenvalue weighted by atomic mass is 127. The first-order valence-electron chi connectivity index (χ1n) is 11.0. The number of hydrogen-bond donors (Lipinski definition) is 1. The number of rotatable bonds is 2. The molecule has 0 fully saturated rings. The molecule has 174 valence electrons. The third kappa shape index (κ3) is 4.15. The van der Waals surface area contributed by atoms with Crippen molar-refractivity contribution in [3.63, 3.8) is 0 Å². The molecule has 0 spiro atoms. The summed E-state index contributed by atoms with van der Waals surface area (Å²) in [6.45, 7) is 0. The van der Waals surface area contributed by atoms with Crippen molar-refractivity contribution < 1.29 is 5.11 Å². The maximum atomic E-state index is 13.8. The molecule has 3 aromatic carbocycles. The predicted octanol–water partition coefficient (Wildman–Crippen LogP) is 6.00. The van der Waals surface area contributed by atoms with Gasteiger partial charge in [0, 0.05) is 19.2 Å². The number of aromatic hydroxyl groups is 1. The van der Waals surface area contributed by atoms with E-state index in [1.165, 1.54) is 22.5 Å². The van der Waals surface area contributed by atoms with Gasteiger partial charge in [-0.1, -0.05) is 63.7 Å². The van der Waals surface area contributed by atoms with Crippen molar-refractivity contribution in [3.8, 4) is 5.75 Å². The quantitative estimate of drug-likeness (QED) is 0.255. The highest BCUT2D eigenvalue weighted by Crippen LogP contribution is 2.41. The van der Waals surface area contributed by atoms with E-state index >= 15 is 0 Å². The first kappa shape index (κ1) is 23.6. The van der Waals surface area contributed by atoms with Crippen LogP contribution in [0.15, 0.2) is 80.5 Å². The minimum Gasteiger partial charge on any atom is -0.506 e. The Morgan fingerprint density at radius 1 is 1.09 bits per heavy atom. The highest BCUT2D eigenvalue weighted by molar-refractivity contribution is 14.1. The van der Waals surface area contributed by atoms with Crippen LogP contribution in [-0.4, -0.2) is 9.67 Å². The Labute approximate surface area is 241 Å². The summed E-state index contributed by atoms with van der Waals surface area (Å²) >= 11 is 9.26. The second-order valence-electron chi connectivity index (χ2n) is 8.49. The average molecular weight is 767 g/mol. The molecule has 2 aliphatic rings. The standard InChI is InChI=1S/C27H17BrI2N2O2S/c28-17-8-5-15(6-9-17)24-20-10-7-14-3-1-2-4-19(14)23(20)31-27-32(24)26(34)22(35-27)12-16-11-18(29)13-21(30)25(16)33/h1-6,8-9,11-13,24,33H,7,10H2/b22-12+/t24-/m1/s1. The predicted molar refractivity (Wildman–Crippen MR) is 160 cm³/mol. The number of thiazole rings is 1. The third-order valence-electron chi connectivity index (χ3n) is 6.40. The number of hydrogen-bond acceptors (Lipinski definition) is 4. The van der Waals surface area contributed by atoms with Crippen LogP contribution >= 0.6 is 72.4 Å². The highest BCUT2D eigenvalue weighted by Gasteiger charge is 2.32. The molecule has 0 radical (unpaired) electrons. The molecule has 1 aliphatic heterocycles. The summed E-state index contributed by atoms with van der Waals surface area (Å²) in [5.74, 6) is 0.189. The Morgan fingerprint density at radius 2 is 1.86 bits per heavy atom. The second kappa shape index (κ2) is 9.28. The molecule has 0 bridgehead atoms. The number of aromatic nitrogens is 1. The molecule has 2 heterocycles. The summed E-state index contributed by atoms with van der Waals surface area (Å²) in [5.41, 5.74) is 6.23. The van der Waals surface area contributed by atoms with Gasteiger partial charge in [-0.3, -0.25) is 9.36 Å². The van der Waals surface area contributed by atoms with Gasteiger partial charge in [0.15, 0.2) is 4.80 Å². The summed E-state index contributed by atoms with van der Waals surface area (Å²) in [7, 11) is 0. The summed E-state index contributed by atoms with van der Waals surface area (Å²) < 4.78 is 5.16. The van der Waals surface area contributed by atoms with E-state index in [-0.39, 0.29) is 17.4 Å². The van der Waals surface area contributed by atoms with Crippen molar-refractivity contribution in [2.75, 3.05) is 0 Å². The monoisotopic (exact) mass is 766 g/mol. The Bertz CT molecular complexity index is 1720. The zero-order chi connectivity index (χ0) is 24.3. The van der Waals surface area contributed by atoms with Gasteiger partial charge < -0.3 is 5.11 Å². The molecule has 1 atom stereocenters. The number of phenols is 1. The van der Waals surface area contributed by atoms with Gasteiger partial charge in [-0.05, 0) is 105 Å². The Hall–Kier alpha value is -1.76. The van der Waals surface area contributed by atoms with E-state index in [1.54, 1.807) is 6.08 Å². The van der Waals surface area contributed by atoms with E-state index in [2.05, 4.69) is 97.5 Å². The van der Waals surface area contributed by atoms with E-state index in [0.717, 1.165) is 41.3 Å². The van der Waals surface area contributed by atoms with Gasteiger partial charge in [-0.2, -0.15) is 0 Å². The number of halogens is 3. The number of benzene rings is 3. The normalized spacial score (nSPS) is 17.0. The van der Waals surface area contributed by atoms with Crippen LogP contribution in [0.5, 0.6) is 5.75 Å². The summed E-state index contributed by atoms with van der Waals surface area (Å²) in [5, 5.41) is 10.6. The molecular formula is C27H17BrI2N2O2S. The molecule has 0 unspecified atom stereocenters. The molecule has 1 aliphatic carbocycles. The van der Waals surface area contributed by atoms with Gasteiger partial charge >= 0.3 is 0 Å².